The minimum absolute atomic E-state index is 0.0498. The lowest BCUT2D eigenvalue weighted by molar-refractivity contribution is 0.609. The third-order valence-electron chi connectivity index (χ3n) is 2.29. The van der Waals surface area contributed by atoms with Crippen molar-refractivity contribution in [3.05, 3.63) is 35.1 Å². The molecule has 84 valence electrons. The van der Waals surface area contributed by atoms with Gasteiger partial charge in [0.05, 0.1) is 9.92 Å². The summed E-state index contributed by atoms with van der Waals surface area (Å²) in [6.45, 7) is 1.78. The maximum Gasteiger partial charge on any atom is 0.261 e. The fourth-order valence-corrected chi connectivity index (χ4v) is 2.47. The summed E-state index contributed by atoms with van der Waals surface area (Å²) in [6, 6.07) is 4.53. The molecule has 0 N–H and O–H groups in total. The van der Waals surface area contributed by atoms with Gasteiger partial charge in [0.2, 0.25) is 0 Å². The van der Waals surface area contributed by atoms with Crippen molar-refractivity contribution in [1.82, 2.24) is 4.98 Å². The van der Waals surface area contributed by atoms with Gasteiger partial charge in [0, 0.05) is 33.3 Å². The number of rotatable bonds is 1. The van der Waals surface area contributed by atoms with Gasteiger partial charge in [-0.3, -0.25) is 4.98 Å². The Kier molecular flexibility index (Phi) is 2.82. The molecule has 3 nitrogen and oxygen atoms in total. The lowest BCUT2D eigenvalue weighted by Crippen LogP contribution is -1.92. The Morgan fingerprint density at radius 2 is 1.94 bits per heavy atom. The molecule has 0 saturated carbocycles. The van der Waals surface area contributed by atoms with Crippen LogP contribution in [-0.2, 0) is 9.05 Å². The summed E-state index contributed by atoms with van der Waals surface area (Å²) in [5.74, 6) is 0. The van der Waals surface area contributed by atoms with Gasteiger partial charge in [0.1, 0.15) is 0 Å². The number of nitrogens with zero attached hydrogens (tertiary/aromatic N) is 1. The van der Waals surface area contributed by atoms with Crippen molar-refractivity contribution in [2.24, 2.45) is 0 Å². The zero-order valence-corrected chi connectivity index (χ0v) is 10.6. The summed E-state index contributed by atoms with van der Waals surface area (Å²) in [5, 5.41) is 1.94. The van der Waals surface area contributed by atoms with Crippen molar-refractivity contribution in [3.63, 3.8) is 0 Å². The highest BCUT2D eigenvalue weighted by Gasteiger charge is 2.12. The van der Waals surface area contributed by atoms with E-state index in [-0.39, 0.29) is 4.90 Å². The van der Waals surface area contributed by atoms with Crippen molar-refractivity contribution in [2.45, 2.75) is 11.8 Å². The van der Waals surface area contributed by atoms with Crippen LogP contribution >= 0.6 is 22.3 Å². The lowest BCUT2D eigenvalue weighted by Gasteiger charge is -2.04. The maximum absolute atomic E-state index is 11.2. The Labute approximate surface area is 102 Å². The van der Waals surface area contributed by atoms with Gasteiger partial charge in [-0.05, 0) is 19.1 Å². The van der Waals surface area contributed by atoms with Crippen LogP contribution in [0.25, 0.3) is 10.8 Å². The number of aryl methyl sites for hydroxylation is 1. The van der Waals surface area contributed by atoms with Crippen molar-refractivity contribution in [2.75, 3.05) is 0 Å². The first-order chi connectivity index (χ1) is 7.39. The Morgan fingerprint density at radius 3 is 2.56 bits per heavy atom. The zero-order chi connectivity index (χ0) is 11.9. The molecule has 0 aliphatic carbocycles. The first-order valence-corrected chi connectivity index (χ1v) is 7.08. The zero-order valence-electron chi connectivity index (χ0n) is 8.24. The number of aromatic nitrogens is 1. The van der Waals surface area contributed by atoms with Gasteiger partial charge in [0.15, 0.2) is 0 Å². The van der Waals surface area contributed by atoms with Crippen molar-refractivity contribution in [3.8, 4) is 0 Å². The fraction of sp³-hybridized carbons (Fsp3) is 0.100. The van der Waals surface area contributed by atoms with Crippen LogP contribution in [-0.4, -0.2) is 13.4 Å². The van der Waals surface area contributed by atoms with Crippen LogP contribution in [0.2, 0.25) is 5.02 Å². The molecule has 0 radical (unpaired) electrons. The van der Waals surface area contributed by atoms with E-state index >= 15 is 0 Å². The molecule has 0 amide bonds. The predicted molar refractivity (Wildman–Crippen MR) is 64.5 cm³/mol. The Morgan fingerprint density at radius 1 is 1.25 bits per heavy atom. The summed E-state index contributed by atoms with van der Waals surface area (Å²) in [5.41, 5.74) is 0.710. The lowest BCUT2D eigenvalue weighted by atomic mass is 10.1. The molecule has 0 unspecified atom stereocenters. The summed E-state index contributed by atoms with van der Waals surface area (Å²) >= 11 is 5.95. The highest BCUT2D eigenvalue weighted by atomic mass is 35.7. The number of fused-ring (bicyclic) bond motifs is 1. The highest BCUT2D eigenvalue weighted by Crippen LogP contribution is 2.28. The SMILES string of the molecule is Cc1ncc(Cl)c2ccc(S(=O)(=O)Cl)cc12. The van der Waals surface area contributed by atoms with Crippen LogP contribution in [0.1, 0.15) is 5.69 Å². The third-order valence-corrected chi connectivity index (χ3v) is 3.94. The Balaban J connectivity index is 2.86. The molecule has 0 aliphatic rings. The molecule has 0 bridgehead atoms. The molecule has 0 atom stereocenters. The topological polar surface area (TPSA) is 47.0 Å². The standard InChI is InChI=1S/C10H7Cl2NO2S/c1-6-9-4-7(16(12,14)15)2-3-8(9)10(11)5-13-6/h2-5H,1H3. The average molecular weight is 276 g/mol. The molecule has 16 heavy (non-hydrogen) atoms. The molecular formula is C10H7Cl2NO2S. The second-order valence-corrected chi connectivity index (χ2v) is 6.31. The van der Waals surface area contributed by atoms with Crippen molar-refractivity contribution < 1.29 is 8.42 Å². The van der Waals surface area contributed by atoms with Crippen LogP contribution in [0.5, 0.6) is 0 Å². The van der Waals surface area contributed by atoms with E-state index in [1.165, 1.54) is 18.3 Å². The van der Waals surface area contributed by atoms with E-state index in [9.17, 15) is 8.42 Å². The van der Waals surface area contributed by atoms with Gasteiger partial charge >= 0.3 is 0 Å². The molecule has 0 saturated heterocycles. The van der Waals surface area contributed by atoms with Gasteiger partial charge in [-0.25, -0.2) is 8.42 Å². The molecule has 0 aliphatic heterocycles. The van der Waals surface area contributed by atoms with Crippen LogP contribution in [0.4, 0.5) is 0 Å². The van der Waals surface area contributed by atoms with Crippen LogP contribution in [0.3, 0.4) is 0 Å². The summed E-state index contributed by atoms with van der Waals surface area (Å²) in [6.07, 6.45) is 1.54. The molecule has 1 heterocycles. The van der Waals surface area contributed by atoms with Crippen LogP contribution < -0.4 is 0 Å². The second-order valence-electron chi connectivity index (χ2n) is 3.34. The van der Waals surface area contributed by atoms with Gasteiger partial charge in [0.25, 0.3) is 9.05 Å². The first-order valence-electron chi connectivity index (χ1n) is 4.39. The monoisotopic (exact) mass is 275 g/mol. The van der Waals surface area contributed by atoms with Gasteiger partial charge in [-0.15, -0.1) is 0 Å². The molecule has 0 fully saturated rings. The molecule has 1 aromatic heterocycles. The fourth-order valence-electron chi connectivity index (χ4n) is 1.48. The Hall–Kier alpha value is -0.840. The predicted octanol–water partition coefficient (Wildman–Crippen LogP) is 3.12. The summed E-state index contributed by atoms with van der Waals surface area (Å²) in [7, 11) is 1.55. The summed E-state index contributed by atoms with van der Waals surface area (Å²) in [4.78, 5) is 4.11. The van der Waals surface area contributed by atoms with E-state index in [1.54, 1.807) is 13.0 Å². The normalized spacial score (nSPS) is 11.9. The van der Waals surface area contributed by atoms with E-state index in [1.807, 2.05) is 0 Å². The number of pyridine rings is 1. The van der Waals surface area contributed by atoms with Crippen molar-refractivity contribution in [1.29, 1.82) is 0 Å². The number of hydrogen-bond acceptors (Lipinski definition) is 3. The quantitative estimate of drug-likeness (QED) is 0.752. The molecule has 1 aromatic carbocycles. The second kappa shape index (κ2) is 3.87. The average Bonchev–Trinajstić information content (AvgIpc) is 2.22. The molecular weight excluding hydrogens is 269 g/mol. The van der Waals surface area contributed by atoms with Crippen LogP contribution in [0.15, 0.2) is 29.3 Å². The highest BCUT2D eigenvalue weighted by molar-refractivity contribution is 8.13. The minimum Gasteiger partial charge on any atom is -0.259 e. The van der Waals surface area contributed by atoms with Gasteiger partial charge in [-0.1, -0.05) is 17.7 Å². The first kappa shape index (κ1) is 11.6. The van der Waals surface area contributed by atoms with E-state index in [2.05, 4.69) is 4.98 Å². The molecule has 6 heteroatoms. The van der Waals surface area contributed by atoms with Gasteiger partial charge < -0.3 is 0 Å². The number of hydrogen-bond donors (Lipinski definition) is 0. The van der Waals surface area contributed by atoms with E-state index in [0.29, 0.717) is 16.1 Å². The number of halogens is 2. The maximum atomic E-state index is 11.2. The molecule has 2 aromatic rings. The van der Waals surface area contributed by atoms with Crippen LogP contribution in [0, 0.1) is 6.92 Å². The minimum atomic E-state index is -3.72. The third kappa shape index (κ3) is 2.00. The smallest absolute Gasteiger partial charge is 0.259 e. The van der Waals surface area contributed by atoms with E-state index < -0.39 is 9.05 Å². The molecule has 2 rings (SSSR count). The summed E-state index contributed by atoms with van der Waals surface area (Å²) < 4.78 is 22.4. The van der Waals surface area contributed by atoms with E-state index in [4.69, 9.17) is 22.3 Å². The molecule has 0 spiro atoms. The van der Waals surface area contributed by atoms with E-state index in [0.717, 1.165) is 5.39 Å². The van der Waals surface area contributed by atoms with Crippen molar-refractivity contribution >= 4 is 42.1 Å². The Bertz CT molecular complexity index is 668. The number of benzene rings is 1. The van der Waals surface area contributed by atoms with Gasteiger partial charge in [-0.2, -0.15) is 0 Å². The largest absolute Gasteiger partial charge is 0.261 e.